The Morgan fingerprint density at radius 1 is 0.543 bits per heavy atom. The number of ether oxygens (including phenoxy) is 7. The molecule has 1 saturated carbocycles. The van der Waals surface area contributed by atoms with E-state index < -0.39 is 116 Å². The van der Waals surface area contributed by atoms with E-state index >= 15 is 0 Å². The van der Waals surface area contributed by atoms with Gasteiger partial charge < -0.3 is 113 Å². The van der Waals surface area contributed by atoms with E-state index in [4.69, 9.17) is 72.5 Å². The number of anilines is 1. The molecular weight excluding hydrogens is 1220 g/mol. The normalized spacial score (nSPS) is 31.8. The number of nitrogens with one attached hydrogen (secondary N) is 1. The molecule has 6 aromatic rings. The SMILES string of the molecule is CN1CCN(c2ccc3nc(-c4ccc(OCc5cn(CCCCCCCCCCn6cc(CCCCc7cn(CC8OC(OC9[C@H](O[C@H]%10OC(CN)[C@@H](O)[C@H](O)C%10N)C(N)C[C@@H](N)[C@H]9O)[C@@H](O)[C@H]8O[C@H]8O[C@@H](CN)[C@@H](O)C(O)C8N)nn7)nn6)nn5)cc4)[nH]c3c2)CC1. The van der Waals surface area contributed by atoms with Gasteiger partial charge in [-0.2, -0.15) is 0 Å². The number of nitrogens with zero attached hydrogens (tertiary/aromatic N) is 12. The lowest BCUT2D eigenvalue weighted by Crippen LogP contribution is -2.68. The molecule has 11 rings (SSSR count). The third-order valence-corrected chi connectivity index (χ3v) is 18.8. The smallest absolute Gasteiger partial charge is 0.187 e. The molecule has 8 unspecified atom stereocenters. The van der Waals surface area contributed by atoms with Gasteiger partial charge in [0, 0.05) is 88.1 Å². The number of H-pyrrole nitrogens is 1. The molecule has 4 saturated heterocycles. The maximum Gasteiger partial charge on any atom is 0.187 e. The van der Waals surface area contributed by atoms with Gasteiger partial charge >= 0.3 is 0 Å². The quantitative estimate of drug-likeness (QED) is 0.0206. The van der Waals surface area contributed by atoms with Crippen molar-refractivity contribution < 1.29 is 63.8 Å². The van der Waals surface area contributed by atoms with Crippen molar-refractivity contribution >= 4 is 16.7 Å². The van der Waals surface area contributed by atoms with E-state index in [0.29, 0.717) is 18.7 Å². The first-order chi connectivity index (χ1) is 45.5. The predicted molar refractivity (Wildman–Crippen MR) is 340 cm³/mol. The fourth-order valence-corrected chi connectivity index (χ4v) is 13.0. The van der Waals surface area contributed by atoms with Gasteiger partial charge in [0.15, 0.2) is 18.9 Å². The summed E-state index contributed by atoms with van der Waals surface area (Å²) in [5.74, 6) is 1.59. The second-order valence-corrected chi connectivity index (χ2v) is 25.9. The highest BCUT2D eigenvalue weighted by Gasteiger charge is 2.55. The maximum absolute atomic E-state index is 12.0. The van der Waals surface area contributed by atoms with Crippen molar-refractivity contribution in [2.45, 2.75) is 226 Å². The molecule has 32 heteroatoms. The molecule has 5 aliphatic rings. The third-order valence-electron chi connectivity index (χ3n) is 18.8. The average molecular weight is 1320 g/mol. The molecule has 0 amide bonds. The van der Waals surface area contributed by atoms with E-state index in [0.717, 1.165) is 124 Å². The third kappa shape index (κ3) is 17.1. The lowest BCUT2D eigenvalue weighted by atomic mass is 9.84. The van der Waals surface area contributed by atoms with Gasteiger partial charge in [-0.3, -0.25) is 9.36 Å². The van der Waals surface area contributed by atoms with Gasteiger partial charge in [-0.15, -0.1) is 15.3 Å². The molecule has 4 aromatic heterocycles. The van der Waals surface area contributed by atoms with Crippen molar-refractivity contribution in [3.05, 3.63) is 78.1 Å². The summed E-state index contributed by atoms with van der Waals surface area (Å²) < 4.78 is 48.3. The van der Waals surface area contributed by atoms with Crippen LogP contribution >= 0.6 is 0 Å². The minimum Gasteiger partial charge on any atom is -0.487 e. The highest BCUT2D eigenvalue weighted by atomic mass is 16.8. The molecule has 0 radical (unpaired) electrons. The van der Waals surface area contributed by atoms with Crippen LogP contribution in [0.15, 0.2) is 61.1 Å². The molecule has 94 heavy (non-hydrogen) atoms. The molecule has 4 aliphatic heterocycles. The summed E-state index contributed by atoms with van der Waals surface area (Å²) in [5, 5.41) is 92.2. The lowest BCUT2D eigenvalue weighted by Gasteiger charge is -2.47. The van der Waals surface area contributed by atoms with Crippen molar-refractivity contribution in [1.29, 1.82) is 0 Å². The number of benzene rings is 2. The van der Waals surface area contributed by atoms with Crippen molar-refractivity contribution in [2.75, 3.05) is 51.2 Å². The number of rotatable bonds is 31. The monoisotopic (exact) mass is 1320 g/mol. The first-order valence-electron chi connectivity index (χ1n) is 33.3. The highest BCUT2D eigenvalue weighted by Crippen LogP contribution is 2.36. The minimum atomic E-state index is -1.61. The van der Waals surface area contributed by atoms with E-state index in [-0.39, 0.29) is 26.1 Å². The van der Waals surface area contributed by atoms with E-state index in [1.807, 2.05) is 46.0 Å². The fraction of sp³-hybridized carbons (Fsp3) is 0.694. The number of aryl methyl sites for hydroxylation is 4. The van der Waals surface area contributed by atoms with Gasteiger partial charge in [0.05, 0.1) is 53.4 Å². The second-order valence-electron chi connectivity index (χ2n) is 25.9. The summed E-state index contributed by atoms with van der Waals surface area (Å²) in [6, 6.07) is 10.1. The number of hydrogen-bond acceptors (Lipinski definition) is 28. The number of nitrogens with two attached hydrogens (primary N) is 6. The minimum absolute atomic E-state index is 0.0300. The Balaban J connectivity index is 0.569. The van der Waals surface area contributed by atoms with Crippen LogP contribution in [0.5, 0.6) is 5.75 Å². The number of hydrogen-bond donors (Lipinski definition) is 13. The van der Waals surface area contributed by atoms with Crippen LogP contribution in [0.4, 0.5) is 5.69 Å². The van der Waals surface area contributed by atoms with E-state index in [1.165, 1.54) is 36.1 Å². The molecule has 0 bridgehead atoms. The van der Waals surface area contributed by atoms with Gasteiger partial charge in [-0.25, -0.2) is 9.67 Å². The van der Waals surface area contributed by atoms with Crippen molar-refractivity contribution in [3.63, 3.8) is 0 Å². The van der Waals surface area contributed by atoms with Crippen LogP contribution in [0, 0.1) is 0 Å². The van der Waals surface area contributed by atoms with Crippen LogP contribution in [0.2, 0.25) is 0 Å². The summed E-state index contributed by atoms with van der Waals surface area (Å²) >= 11 is 0. The topological polar surface area (TPSA) is 469 Å². The Bertz CT molecular complexity index is 3260. The Morgan fingerprint density at radius 2 is 1.07 bits per heavy atom. The van der Waals surface area contributed by atoms with Gasteiger partial charge in [-0.1, -0.05) is 54.2 Å². The number of unbranched alkanes of at least 4 members (excludes halogenated alkanes) is 8. The number of imidazole rings is 1. The molecule has 5 fully saturated rings. The van der Waals surface area contributed by atoms with Gasteiger partial charge in [0.25, 0.3) is 0 Å². The second kappa shape index (κ2) is 32.5. The van der Waals surface area contributed by atoms with E-state index in [1.54, 1.807) is 6.20 Å². The fourth-order valence-electron chi connectivity index (χ4n) is 13.0. The summed E-state index contributed by atoms with van der Waals surface area (Å²) in [4.78, 5) is 13.1. The maximum atomic E-state index is 12.0. The Kier molecular flexibility index (Phi) is 24.0. The van der Waals surface area contributed by atoms with E-state index in [2.05, 4.69) is 71.0 Å². The molecule has 1 aliphatic carbocycles. The largest absolute Gasteiger partial charge is 0.487 e. The van der Waals surface area contributed by atoms with Gasteiger partial charge in [0.2, 0.25) is 0 Å². The Morgan fingerprint density at radius 3 is 1.68 bits per heavy atom. The van der Waals surface area contributed by atoms with Gasteiger partial charge in [0.1, 0.15) is 91.0 Å². The number of aliphatic hydroxyl groups is 6. The van der Waals surface area contributed by atoms with Crippen LogP contribution in [-0.2, 0) is 67.5 Å². The van der Waals surface area contributed by atoms with Crippen LogP contribution in [0.1, 0.15) is 87.7 Å². The average Bonchev–Trinajstić information content (AvgIpc) is 1.44. The molecule has 0 spiro atoms. The zero-order valence-corrected chi connectivity index (χ0v) is 53.4. The number of aromatic nitrogens is 11. The zero-order chi connectivity index (χ0) is 66.0. The van der Waals surface area contributed by atoms with Crippen molar-refractivity contribution in [2.24, 2.45) is 34.4 Å². The van der Waals surface area contributed by atoms with Crippen molar-refractivity contribution in [3.8, 4) is 17.1 Å². The number of piperazine rings is 1. The number of aromatic amines is 1. The van der Waals surface area contributed by atoms with Gasteiger partial charge in [-0.05, 0) is 94.5 Å². The Labute approximate surface area is 545 Å². The molecule has 518 valence electrons. The Hall–Kier alpha value is -5.83. The standard InChI is InChI=1S/C62H97N19O13/c1-77-22-24-78(25-23-77)39-16-19-43-44(26-39)70-59(69-43)35-14-17-40(18-15-35)88-34-38-32-80(75-73-38)21-11-7-5-3-2-4-6-10-20-79-30-36(71-74-79)12-8-9-13-37-31-81(76-72-37)33-47-57(93-61-49(68)54(86)52(84)46(29-64)90-61)55(87)62(91-47)94-58-50(82)41(65)27-42(66)56(58)92-60-48(67)53(85)51(83)45(28-63)89-60/h14-19,26,30-32,41-42,45-58,60-62,82-87H,2-13,20-25,27-29,33-34,63-68H2,1H3,(H,69,70)/t41-,42?,45?,46+,47?,48?,49?,50-,51-,52-,53-,54?,55+,56-,57+,58?,60-,61-,62?/m1/s1. The number of likely N-dealkylation sites (N-methyl/N-ethyl adjacent to an activating group) is 1. The van der Waals surface area contributed by atoms with Crippen molar-refractivity contribution in [1.82, 2.24) is 59.8 Å². The summed E-state index contributed by atoms with van der Waals surface area (Å²) in [5.41, 5.74) is 43.7. The summed E-state index contributed by atoms with van der Waals surface area (Å²) in [6.45, 7) is 5.78. The molecule has 8 heterocycles. The number of aliphatic hydroxyl groups excluding tert-OH is 6. The molecule has 19 atom stereocenters. The summed E-state index contributed by atoms with van der Waals surface area (Å²) in [7, 11) is 2.17. The zero-order valence-electron chi connectivity index (χ0n) is 53.4. The molecule has 19 N–H and O–H groups in total. The highest BCUT2D eigenvalue weighted by molar-refractivity contribution is 5.83. The summed E-state index contributed by atoms with van der Waals surface area (Å²) in [6.07, 6.45) is -2.12. The molecule has 32 nitrogen and oxygen atoms in total. The molecular formula is C62H97N19O13. The number of fused-ring (bicyclic) bond motifs is 1. The van der Waals surface area contributed by atoms with Crippen LogP contribution in [0.25, 0.3) is 22.4 Å². The van der Waals surface area contributed by atoms with Crippen LogP contribution in [0.3, 0.4) is 0 Å². The van der Waals surface area contributed by atoms with E-state index in [9.17, 15) is 30.6 Å². The van der Waals surface area contributed by atoms with Crippen LogP contribution in [-0.4, -0.2) is 253 Å². The molecule has 2 aromatic carbocycles. The lowest BCUT2D eigenvalue weighted by molar-refractivity contribution is -0.306. The van der Waals surface area contributed by atoms with Crippen LogP contribution < -0.4 is 44.0 Å². The predicted octanol–water partition coefficient (Wildman–Crippen LogP) is -2.15. The first-order valence-corrected chi connectivity index (χ1v) is 33.3. The first kappa shape index (κ1) is 69.5.